The molecule has 7 heteroatoms. The van der Waals surface area contributed by atoms with Gasteiger partial charge in [-0.1, -0.05) is 97.1 Å². The van der Waals surface area contributed by atoms with Gasteiger partial charge < -0.3 is 5.32 Å². The molecule has 0 unspecified atom stereocenters. The van der Waals surface area contributed by atoms with Crippen molar-refractivity contribution in [1.29, 1.82) is 0 Å². The lowest BCUT2D eigenvalue weighted by Gasteiger charge is -2.20. The Kier molecular flexibility index (Phi) is 7.25. The van der Waals surface area contributed by atoms with Gasteiger partial charge in [-0.2, -0.15) is 0 Å². The fourth-order valence-electron chi connectivity index (χ4n) is 4.84. The van der Waals surface area contributed by atoms with Gasteiger partial charge in [-0.25, -0.2) is 13.4 Å². The molecule has 1 heterocycles. The van der Waals surface area contributed by atoms with E-state index in [1.54, 1.807) is 42.5 Å². The summed E-state index contributed by atoms with van der Waals surface area (Å²) < 4.78 is 27.9. The van der Waals surface area contributed by atoms with Crippen molar-refractivity contribution in [3.05, 3.63) is 145 Å². The zero-order valence-corrected chi connectivity index (χ0v) is 23.6. The molecular weight excluding hydrogens is 542 g/mol. The molecule has 0 bridgehead atoms. The number of carbonyl (C=O) groups is 1. The number of pyridine rings is 1. The monoisotopic (exact) mass is 569 g/mol. The van der Waals surface area contributed by atoms with Crippen molar-refractivity contribution in [3.63, 3.8) is 0 Å². The molecule has 6 rings (SSSR count). The van der Waals surface area contributed by atoms with Crippen LogP contribution in [0.5, 0.6) is 0 Å². The molecule has 5 aromatic carbocycles. The smallest absolute Gasteiger partial charge is 0.264 e. The number of sulfonamides is 1. The van der Waals surface area contributed by atoms with Gasteiger partial charge in [0.15, 0.2) is 0 Å². The molecule has 0 spiro atoms. The maximum Gasteiger partial charge on any atom is 0.264 e. The number of nitrogens with zero attached hydrogens (tertiary/aromatic N) is 2. The lowest BCUT2D eigenvalue weighted by atomic mass is 10.0. The maximum atomic E-state index is 13.7. The first-order chi connectivity index (χ1) is 20.4. The number of hydrogen-bond acceptors (Lipinski definition) is 4. The summed E-state index contributed by atoms with van der Waals surface area (Å²) in [7, 11) is -2.34. The van der Waals surface area contributed by atoms with Gasteiger partial charge in [-0.15, -0.1) is 0 Å². The number of carbonyl (C=O) groups excluding carboxylic acids is 1. The van der Waals surface area contributed by atoms with Crippen molar-refractivity contribution < 1.29 is 13.2 Å². The SMILES string of the molecule is CN(c1ccccc1)S(=O)(=O)c1cccc(NC(=O)c2cc(-c3ccc(-c4ccccc4)cc3)nc3ccccc23)c1. The normalized spacial score (nSPS) is 11.3. The van der Waals surface area contributed by atoms with Gasteiger partial charge in [0, 0.05) is 23.7 Å². The molecule has 0 saturated carbocycles. The third-order valence-electron chi connectivity index (χ3n) is 7.12. The van der Waals surface area contributed by atoms with E-state index >= 15 is 0 Å². The fourth-order valence-corrected chi connectivity index (χ4v) is 6.08. The van der Waals surface area contributed by atoms with Gasteiger partial charge in [0.05, 0.1) is 27.4 Å². The van der Waals surface area contributed by atoms with Gasteiger partial charge in [0.25, 0.3) is 15.9 Å². The topological polar surface area (TPSA) is 79.4 Å². The van der Waals surface area contributed by atoms with Crippen LogP contribution in [0.3, 0.4) is 0 Å². The van der Waals surface area contributed by atoms with E-state index in [0.717, 1.165) is 16.7 Å². The van der Waals surface area contributed by atoms with Crippen LogP contribution in [-0.4, -0.2) is 26.4 Å². The van der Waals surface area contributed by atoms with Crippen LogP contribution in [0.1, 0.15) is 10.4 Å². The number of nitrogens with one attached hydrogen (secondary N) is 1. The Bertz CT molecular complexity index is 1990. The Labute approximate surface area is 245 Å². The zero-order chi connectivity index (χ0) is 29.1. The van der Waals surface area contributed by atoms with Gasteiger partial charge >= 0.3 is 0 Å². The van der Waals surface area contributed by atoms with Crippen LogP contribution in [0.2, 0.25) is 0 Å². The summed E-state index contributed by atoms with van der Waals surface area (Å²) in [4.78, 5) is 18.6. The molecule has 206 valence electrons. The Morgan fingerprint density at radius 3 is 2.02 bits per heavy atom. The van der Waals surface area contributed by atoms with Crippen molar-refractivity contribution >= 4 is 38.2 Å². The number of anilines is 2. The van der Waals surface area contributed by atoms with E-state index in [1.165, 1.54) is 23.5 Å². The molecule has 0 radical (unpaired) electrons. The highest BCUT2D eigenvalue weighted by atomic mass is 32.2. The second kappa shape index (κ2) is 11.3. The Hall–Kier alpha value is -5.27. The van der Waals surface area contributed by atoms with E-state index in [4.69, 9.17) is 4.98 Å². The highest BCUT2D eigenvalue weighted by Crippen LogP contribution is 2.29. The van der Waals surface area contributed by atoms with Crippen LogP contribution in [-0.2, 0) is 10.0 Å². The van der Waals surface area contributed by atoms with E-state index in [-0.39, 0.29) is 10.8 Å². The molecule has 1 amide bonds. The van der Waals surface area contributed by atoms with Gasteiger partial charge in [0.1, 0.15) is 0 Å². The number of aromatic nitrogens is 1. The maximum absolute atomic E-state index is 13.7. The van der Waals surface area contributed by atoms with Gasteiger partial charge in [0.2, 0.25) is 0 Å². The van der Waals surface area contributed by atoms with Crippen LogP contribution >= 0.6 is 0 Å². The quantitative estimate of drug-likeness (QED) is 0.214. The van der Waals surface area contributed by atoms with E-state index < -0.39 is 10.0 Å². The number of amides is 1. The largest absolute Gasteiger partial charge is 0.322 e. The fraction of sp³-hybridized carbons (Fsp3) is 0.0286. The minimum absolute atomic E-state index is 0.0745. The summed E-state index contributed by atoms with van der Waals surface area (Å²) in [5.41, 5.74) is 5.80. The second-order valence-electron chi connectivity index (χ2n) is 9.81. The van der Waals surface area contributed by atoms with Gasteiger partial charge in [-0.05, 0) is 53.6 Å². The number of para-hydroxylation sites is 2. The third kappa shape index (κ3) is 5.38. The summed E-state index contributed by atoms with van der Waals surface area (Å²) in [5.74, 6) is -0.360. The Morgan fingerprint density at radius 2 is 1.29 bits per heavy atom. The van der Waals surface area contributed by atoms with Crippen molar-refractivity contribution in [2.75, 3.05) is 16.7 Å². The molecule has 6 nitrogen and oxygen atoms in total. The number of fused-ring (bicyclic) bond motifs is 1. The van der Waals surface area contributed by atoms with Crippen molar-refractivity contribution in [3.8, 4) is 22.4 Å². The van der Waals surface area contributed by atoms with Crippen molar-refractivity contribution in [2.45, 2.75) is 4.90 Å². The first-order valence-electron chi connectivity index (χ1n) is 13.4. The molecular formula is C35H27N3O3S. The highest BCUT2D eigenvalue weighted by molar-refractivity contribution is 7.92. The molecule has 0 aliphatic rings. The molecule has 0 fully saturated rings. The summed E-state index contributed by atoms with van der Waals surface area (Å²) in [6.45, 7) is 0. The number of rotatable bonds is 7. The summed E-state index contributed by atoms with van der Waals surface area (Å²) in [5, 5.41) is 3.60. The average molecular weight is 570 g/mol. The van der Waals surface area contributed by atoms with E-state index in [9.17, 15) is 13.2 Å². The predicted molar refractivity (Wildman–Crippen MR) is 169 cm³/mol. The number of hydrogen-bond donors (Lipinski definition) is 1. The molecule has 42 heavy (non-hydrogen) atoms. The molecule has 1 aromatic heterocycles. The van der Waals surface area contributed by atoms with E-state index in [2.05, 4.69) is 17.4 Å². The lowest BCUT2D eigenvalue weighted by Crippen LogP contribution is -2.26. The van der Waals surface area contributed by atoms with Gasteiger partial charge in [-0.3, -0.25) is 9.10 Å². The minimum Gasteiger partial charge on any atom is -0.322 e. The van der Waals surface area contributed by atoms with Crippen molar-refractivity contribution in [2.24, 2.45) is 0 Å². The van der Waals surface area contributed by atoms with E-state index in [0.29, 0.717) is 33.5 Å². The Balaban J connectivity index is 1.31. The van der Waals surface area contributed by atoms with E-state index in [1.807, 2.05) is 72.8 Å². The lowest BCUT2D eigenvalue weighted by molar-refractivity contribution is 0.102. The van der Waals surface area contributed by atoms with Crippen LogP contribution in [0.25, 0.3) is 33.3 Å². The second-order valence-corrected chi connectivity index (χ2v) is 11.8. The molecule has 0 aliphatic heterocycles. The summed E-state index contributed by atoms with van der Waals surface area (Å²) >= 11 is 0. The predicted octanol–water partition coefficient (Wildman–Crippen LogP) is 7.65. The standard InChI is InChI=1S/C35H27N3O3S/c1-38(29-14-6-3-7-15-29)42(40,41)30-16-10-13-28(23-30)36-35(39)32-24-34(37-33-18-9-8-17-31(32)33)27-21-19-26(20-22-27)25-11-4-2-5-12-25/h2-24H,1H3,(H,36,39). The van der Waals surface area contributed by atoms with Crippen molar-refractivity contribution in [1.82, 2.24) is 4.98 Å². The first-order valence-corrected chi connectivity index (χ1v) is 14.9. The van der Waals surface area contributed by atoms with Crippen LogP contribution < -0.4 is 9.62 Å². The molecule has 6 aromatic rings. The van der Waals surface area contributed by atoms with Crippen LogP contribution in [0.4, 0.5) is 11.4 Å². The molecule has 0 aliphatic carbocycles. The Morgan fingerprint density at radius 1 is 0.667 bits per heavy atom. The highest BCUT2D eigenvalue weighted by Gasteiger charge is 2.22. The molecule has 1 N–H and O–H groups in total. The summed E-state index contributed by atoms with van der Waals surface area (Å²) in [6.07, 6.45) is 0. The molecule has 0 saturated heterocycles. The summed E-state index contributed by atoms with van der Waals surface area (Å²) in [6, 6.07) is 42.6. The first kappa shape index (κ1) is 26.9. The van der Waals surface area contributed by atoms with Crippen LogP contribution in [0.15, 0.2) is 144 Å². The average Bonchev–Trinajstić information content (AvgIpc) is 3.05. The zero-order valence-electron chi connectivity index (χ0n) is 22.8. The molecule has 0 atom stereocenters. The third-order valence-corrected chi connectivity index (χ3v) is 8.90. The van der Waals surface area contributed by atoms with Crippen LogP contribution in [0, 0.1) is 0 Å². The number of benzene rings is 5. The minimum atomic E-state index is -3.84.